The summed E-state index contributed by atoms with van der Waals surface area (Å²) in [4.78, 5) is 14.0. The Morgan fingerprint density at radius 2 is 2.22 bits per heavy atom. The average Bonchev–Trinajstić information content (AvgIpc) is 2.39. The highest BCUT2D eigenvalue weighted by Crippen LogP contribution is 2.10. The van der Waals surface area contributed by atoms with Crippen LogP contribution in [0.25, 0.3) is 0 Å². The first-order valence-electron chi connectivity index (χ1n) is 7.29. The predicted octanol–water partition coefficient (Wildman–Crippen LogP) is 1.65. The molecule has 0 radical (unpaired) electrons. The molecule has 1 aliphatic rings. The number of carbonyl (C=O) groups is 1. The summed E-state index contributed by atoms with van der Waals surface area (Å²) in [7, 11) is 0. The van der Waals surface area contributed by atoms with Crippen molar-refractivity contribution in [2.24, 2.45) is 5.92 Å². The van der Waals surface area contributed by atoms with E-state index in [1.807, 2.05) is 13.8 Å². The molecule has 106 valence electrons. The minimum atomic E-state index is -0.0763. The van der Waals surface area contributed by atoms with Crippen molar-refractivity contribution in [1.82, 2.24) is 10.2 Å². The minimum Gasteiger partial charge on any atom is -0.466 e. The summed E-state index contributed by atoms with van der Waals surface area (Å²) < 4.78 is 5.06. The smallest absolute Gasteiger partial charge is 0.309 e. The zero-order valence-corrected chi connectivity index (χ0v) is 12.1. The Bertz CT molecular complexity index is 240. The summed E-state index contributed by atoms with van der Waals surface area (Å²) in [5, 5.41) is 3.55. The lowest BCUT2D eigenvalue weighted by Gasteiger charge is -2.31. The number of hydrogen-bond donors (Lipinski definition) is 1. The first kappa shape index (κ1) is 15.4. The number of nitrogens with one attached hydrogen (secondary N) is 1. The van der Waals surface area contributed by atoms with E-state index < -0.39 is 0 Å². The fourth-order valence-electron chi connectivity index (χ4n) is 2.47. The molecular weight excluding hydrogens is 228 g/mol. The van der Waals surface area contributed by atoms with E-state index in [2.05, 4.69) is 17.1 Å². The van der Waals surface area contributed by atoms with Crippen LogP contribution in [-0.4, -0.2) is 49.7 Å². The second kappa shape index (κ2) is 8.48. The molecule has 4 heteroatoms. The van der Waals surface area contributed by atoms with E-state index in [1.54, 1.807) is 0 Å². The predicted molar refractivity (Wildman–Crippen MR) is 73.6 cm³/mol. The van der Waals surface area contributed by atoms with Gasteiger partial charge >= 0.3 is 5.97 Å². The van der Waals surface area contributed by atoms with Gasteiger partial charge in [0.05, 0.1) is 12.5 Å². The summed E-state index contributed by atoms with van der Waals surface area (Å²) >= 11 is 0. The molecule has 1 saturated heterocycles. The number of ether oxygens (including phenoxy) is 1. The van der Waals surface area contributed by atoms with Crippen molar-refractivity contribution in [3.8, 4) is 0 Å². The molecule has 2 unspecified atom stereocenters. The SMILES string of the molecule is CCOC(=O)C(C)CN(CC)CC1CCCCN1. The third-order valence-electron chi connectivity index (χ3n) is 3.56. The standard InChI is InChI=1S/C14H28N2O2/c1-4-16(10-12(3)14(17)18-5-2)11-13-8-6-7-9-15-13/h12-13,15H,4-11H2,1-3H3. The molecule has 1 aliphatic heterocycles. The lowest BCUT2D eigenvalue weighted by atomic mass is 10.0. The van der Waals surface area contributed by atoms with Gasteiger partial charge in [0, 0.05) is 19.1 Å². The molecule has 0 aliphatic carbocycles. The molecule has 0 amide bonds. The molecule has 2 atom stereocenters. The topological polar surface area (TPSA) is 41.6 Å². The Balaban J connectivity index is 2.33. The van der Waals surface area contributed by atoms with Gasteiger partial charge in [-0.2, -0.15) is 0 Å². The van der Waals surface area contributed by atoms with Crippen LogP contribution in [0.1, 0.15) is 40.0 Å². The van der Waals surface area contributed by atoms with Crippen molar-refractivity contribution in [3.63, 3.8) is 0 Å². The Labute approximate surface area is 111 Å². The maximum Gasteiger partial charge on any atom is 0.309 e. The van der Waals surface area contributed by atoms with E-state index in [0.29, 0.717) is 12.6 Å². The maximum atomic E-state index is 11.6. The van der Waals surface area contributed by atoms with Crippen molar-refractivity contribution < 1.29 is 9.53 Å². The molecule has 1 fully saturated rings. The Morgan fingerprint density at radius 1 is 1.44 bits per heavy atom. The van der Waals surface area contributed by atoms with Crippen LogP contribution in [0.2, 0.25) is 0 Å². The second-order valence-corrected chi connectivity index (χ2v) is 5.15. The van der Waals surface area contributed by atoms with Gasteiger partial charge in [0.15, 0.2) is 0 Å². The van der Waals surface area contributed by atoms with Crippen LogP contribution in [0.15, 0.2) is 0 Å². The van der Waals surface area contributed by atoms with Gasteiger partial charge in [-0.3, -0.25) is 4.79 Å². The van der Waals surface area contributed by atoms with Gasteiger partial charge in [-0.15, -0.1) is 0 Å². The molecule has 1 heterocycles. The van der Waals surface area contributed by atoms with E-state index in [9.17, 15) is 4.79 Å². The quantitative estimate of drug-likeness (QED) is 0.703. The van der Waals surface area contributed by atoms with Crippen LogP contribution in [0.5, 0.6) is 0 Å². The van der Waals surface area contributed by atoms with E-state index in [0.717, 1.165) is 26.2 Å². The fourth-order valence-corrected chi connectivity index (χ4v) is 2.47. The van der Waals surface area contributed by atoms with Gasteiger partial charge in [-0.25, -0.2) is 0 Å². The molecule has 0 saturated carbocycles. The summed E-state index contributed by atoms with van der Waals surface area (Å²) in [6, 6.07) is 0.591. The van der Waals surface area contributed by atoms with Gasteiger partial charge in [-0.1, -0.05) is 20.3 Å². The first-order chi connectivity index (χ1) is 8.67. The minimum absolute atomic E-state index is 0.0338. The molecular formula is C14H28N2O2. The molecule has 18 heavy (non-hydrogen) atoms. The maximum absolute atomic E-state index is 11.6. The number of carbonyl (C=O) groups excluding carboxylic acids is 1. The number of rotatable bonds is 7. The summed E-state index contributed by atoms with van der Waals surface area (Å²) in [5.74, 6) is -0.110. The number of likely N-dealkylation sites (N-methyl/N-ethyl adjacent to an activating group) is 1. The molecule has 1 rings (SSSR count). The van der Waals surface area contributed by atoms with Gasteiger partial charge < -0.3 is 15.0 Å². The van der Waals surface area contributed by atoms with Crippen molar-refractivity contribution >= 4 is 5.97 Å². The van der Waals surface area contributed by atoms with Gasteiger partial charge in [0.2, 0.25) is 0 Å². The normalized spacial score (nSPS) is 21.9. The fraction of sp³-hybridized carbons (Fsp3) is 0.929. The van der Waals surface area contributed by atoms with Crippen LogP contribution in [0, 0.1) is 5.92 Å². The molecule has 0 spiro atoms. The van der Waals surface area contributed by atoms with Gasteiger partial charge in [0.25, 0.3) is 0 Å². The monoisotopic (exact) mass is 256 g/mol. The Hall–Kier alpha value is -0.610. The average molecular weight is 256 g/mol. The zero-order chi connectivity index (χ0) is 13.4. The molecule has 0 aromatic carbocycles. The van der Waals surface area contributed by atoms with E-state index in [4.69, 9.17) is 4.74 Å². The van der Waals surface area contributed by atoms with E-state index >= 15 is 0 Å². The van der Waals surface area contributed by atoms with Crippen LogP contribution >= 0.6 is 0 Å². The van der Waals surface area contributed by atoms with Crippen molar-refractivity contribution in [3.05, 3.63) is 0 Å². The number of piperidine rings is 1. The third kappa shape index (κ3) is 5.36. The number of esters is 1. The van der Waals surface area contributed by atoms with Crippen molar-refractivity contribution in [1.29, 1.82) is 0 Å². The highest BCUT2D eigenvalue weighted by Gasteiger charge is 2.20. The molecule has 1 N–H and O–H groups in total. The van der Waals surface area contributed by atoms with Crippen LogP contribution < -0.4 is 5.32 Å². The van der Waals surface area contributed by atoms with Gasteiger partial charge in [-0.05, 0) is 32.9 Å². The highest BCUT2D eigenvalue weighted by molar-refractivity contribution is 5.72. The lowest BCUT2D eigenvalue weighted by molar-refractivity contribution is -0.148. The van der Waals surface area contributed by atoms with Crippen molar-refractivity contribution in [2.45, 2.75) is 46.1 Å². The highest BCUT2D eigenvalue weighted by atomic mass is 16.5. The number of hydrogen-bond acceptors (Lipinski definition) is 4. The Morgan fingerprint density at radius 3 is 2.78 bits per heavy atom. The summed E-state index contributed by atoms with van der Waals surface area (Å²) in [6.07, 6.45) is 3.87. The third-order valence-corrected chi connectivity index (χ3v) is 3.56. The lowest BCUT2D eigenvalue weighted by Crippen LogP contribution is -2.45. The molecule has 0 aromatic heterocycles. The summed E-state index contributed by atoms with van der Waals surface area (Å²) in [6.45, 7) is 10.4. The number of nitrogens with zero attached hydrogens (tertiary/aromatic N) is 1. The van der Waals surface area contributed by atoms with Crippen molar-refractivity contribution in [2.75, 3.05) is 32.8 Å². The molecule has 4 nitrogen and oxygen atoms in total. The largest absolute Gasteiger partial charge is 0.466 e. The van der Waals surface area contributed by atoms with E-state index in [1.165, 1.54) is 19.3 Å². The van der Waals surface area contributed by atoms with E-state index in [-0.39, 0.29) is 11.9 Å². The van der Waals surface area contributed by atoms with Gasteiger partial charge in [0.1, 0.15) is 0 Å². The second-order valence-electron chi connectivity index (χ2n) is 5.15. The zero-order valence-electron chi connectivity index (χ0n) is 12.1. The Kier molecular flexibility index (Phi) is 7.28. The van der Waals surface area contributed by atoms with Crippen LogP contribution in [0.3, 0.4) is 0 Å². The molecule has 0 bridgehead atoms. The first-order valence-corrected chi connectivity index (χ1v) is 7.29. The van der Waals surface area contributed by atoms with Crippen LogP contribution in [0.4, 0.5) is 0 Å². The molecule has 0 aromatic rings. The summed E-state index contributed by atoms with van der Waals surface area (Å²) in [5.41, 5.74) is 0. The van der Waals surface area contributed by atoms with Crippen LogP contribution in [-0.2, 0) is 9.53 Å².